The number of alkyl carbamates (subject to hydrolysis) is 1. The Morgan fingerprint density at radius 3 is 2.35 bits per heavy atom. The van der Waals surface area contributed by atoms with Crippen LogP contribution in [-0.4, -0.2) is 35.2 Å². The number of ether oxygens (including phenoxy) is 1. The third kappa shape index (κ3) is 6.20. The van der Waals surface area contributed by atoms with Crippen molar-refractivity contribution in [2.24, 2.45) is 0 Å². The van der Waals surface area contributed by atoms with Crippen molar-refractivity contribution < 1.29 is 14.3 Å². The lowest BCUT2D eigenvalue weighted by Crippen LogP contribution is -2.48. The first-order chi connectivity index (χ1) is 12.3. The van der Waals surface area contributed by atoms with Crippen molar-refractivity contribution in [2.75, 3.05) is 6.67 Å². The van der Waals surface area contributed by atoms with Crippen molar-refractivity contribution in [3.8, 4) is 0 Å². The molecule has 26 heavy (non-hydrogen) atoms. The van der Waals surface area contributed by atoms with Gasteiger partial charge in [0.2, 0.25) is 0 Å². The van der Waals surface area contributed by atoms with Crippen LogP contribution in [0.1, 0.15) is 69.7 Å². The van der Waals surface area contributed by atoms with Crippen LogP contribution in [0, 0.1) is 0 Å². The number of hydrogen-bond acceptors (Lipinski definition) is 3. The van der Waals surface area contributed by atoms with Crippen LogP contribution in [-0.2, 0) is 4.74 Å². The van der Waals surface area contributed by atoms with E-state index in [1.807, 2.05) is 20.8 Å². The van der Waals surface area contributed by atoms with Crippen molar-refractivity contribution in [3.05, 3.63) is 34.9 Å². The highest BCUT2D eigenvalue weighted by Crippen LogP contribution is 2.25. The molecule has 2 rings (SSSR count). The molecular weight excluding hydrogens is 352 g/mol. The number of nitrogens with zero attached hydrogens (tertiary/aromatic N) is 1. The van der Waals surface area contributed by atoms with E-state index in [9.17, 15) is 9.59 Å². The molecule has 0 heterocycles. The molecule has 0 aliphatic heterocycles. The van der Waals surface area contributed by atoms with Gasteiger partial charge in [-0.2, -0.15) is 0 Å². The van der Waals surface area contributed by atoms with E-state index in [-0.39, 0.29) is 18.6 Å². The third-order valence-corrected chi connectivity index (χ3v) is 4.75. The fraction of sp³-hybridized carbons (Fsp3) is 0.600. The maximum Gasteiger partial charge on any atom is 0.409 e. The standard InChI is InChI=1S/C20H29ClN2O3/c1-20(2,3)26-19(25)22-14-23(15-10-6-4-5-7-11-15)18(24)16-12-8-9-13-17(16)21/h8-9,12-13,15H,4-7,10-11,14H2,1-3H3,(H,22,25). The number of hydrogen-bond donors (Lipinski definition) is 1. The second kappa shape index (κ2) is 9.26. The van der Waals surface area contributed by atoms with E-state index >= 15 is 0 Å². The predicted octanol–water partition coefficient (Wildman–Crippen LogP) is 4.99. The first-order valence-electron chi connectivity index (χ1n) is 9.30. The first-order valence-corrected chi connectivity index (χ1v) is 9.68. The molecule has 0 atom stereocenters. The summed E-state index contributed by atoms with van der Waals surface area (Å²) < 4.78 is 5.30. The molecule has 0 radical (unpaired) electrons. The summed E-state index contributed by atoms with van der Waals surface area (Å²) in [5.74, 6) is -0.154. The van der Waals surface area contributed by atoms with Crippen molar-refractivity contribution in [2.45, 2.75) is 70.9 Å². The number of rotatable bonds is 4. The largest absolute Gasteiger partial charge is 0.444 e. The molecular formula is C20H29ClN2O3. The van der Waals surface area contributed by atoms with Crippen LogP contribution in [0.2, 0.25) is 5.02 Å². The van der Waals surface area contributed by atoms with Gasteiger partial charge in [0.25, 0.3) is 5.91 Å². The molecule has 1 saturated carbocycles. The molecule has 144 valence electrons. The van der Waals surface area contributed by atoms with Crippen LogP contribution in [0.25, 0.3) is 0 Å². The Kier molecular flexibility index (Phi) is 7.33. The zero-order chi connectivity index (χ0) is 19.2. The smallest absolute Gasteiger partial charge is 0.409 e. The number of halogens is 1. The summed E-state index contributed by atoms with van der Waals surface area (Å²) >= 11 is 6.22. The molecule has 5 nitrogen and oxygen atoms in total. The molecule has 1 N–H and O–H groups in total. The molecule has 1 aliphatic rings. The number of benzene rings is 1. The van der Waals surface area contributed by atoms with Crippen LogP contribution in [0.3, 0.4) is 0 Å². The maximum absolute atomic E-state index is 13.1. The van der Waals surface area contributed by atoms with E-state index in [1.165, 1.54) is 12.8 Å². The summed E-state index contributed by atoms with van der Waals surface area (Å²) in [4.78, 5) is 26.9. The quantitative estimate of drug-likeness (QED) is 0.591. The summed E-state index contributed by atoms with van der Waals surface area (Å²) in [6.45, 7) is 5.54. The zero-order valence-corrected chi connectivity index (χ0v) is 16.6. The number of amides is 2. The van der Waals surface area contributed by atoms with E-state index in [1.54, 1.807) is 29.2 Å². The van der Waals surface area contributed by atoms with Gasteiger partial charge in [0, 0.05) is 6.04 Å². The van der Waals surface area contributed by atoms with E-state index in [2.05, 4.69) is 5.32 Å². The van der Waals surface area contributed by atoms with Gasteiger partial charge in [0.05, 0.1) is 17.3 Å². The fourth-order valence-corrected chi connectivity index (χ4v) is 3.41. The number of carbonyl (C=O) groups is 2. The lowest BCUT2D eigenvalue weighted by Gasteiger charge is -2.32. The second-order valence-corrected chi connectivity index (χ2v) is 8.14. The van der Waals surface area contributed by atoms with Crippen LogP contribution < -0.4 is 5.32 Å². The monoisotopic (exact) mass is 380 g/mol. The third-order valence-electron chi connectivity index (χ3n) is 4.42. The van der Waals surface area contributed by atoms with Gasteiger partial charge in [-0.05, 0) is 45.7 Å². The minimum absolute atomic E-state index is 0.0937. The lowest BCUT2D eigenvalue weighted by atomic mass is 10.1. The molecule has 0 bridgehead atoms. The Morgan fingerprint density at radius 1 is 1.15 bits per heavy atom. The summed E-state index contributed by atoms with van der Waals surface area (Å²) in [7, 11) is 0. The molecule has 6 heteroatoms. The van der Waals surface area contributed by atoms with Crippen molar-refractivity contribution in [3.63, 3.8) is 0 Å². The van der Waals surface area contributed by atoms with Gasteiger partial charge >= 0.3 is 6.09 Å². The predicted molar refractivity (Wildman–Crippen MR) is 103 cm³/mol. The SMILES string of the molecule is CC(C)(C)OC(=O)NCN(C(=O)c1ccccc1Cl)C1CCCCCC1. The normalized spacial score (nSPS) is 15.8. The van der Waals surface area contributed by atoms with E-state index in [0.717, 1.165) is 25.7 Å². The van der Waals surface area contributed by atoms with Gasteiger partial charge in [-0.15, -0.1) is 0 Å². The second-order valence-electron chi connectivity index (χ2n) is 7.74. The highest BCUT2D eigenvalue weighted by molar-refractivity contribution is 6.33. The highest BCUT2D eigenvalue weighted by Gasteiger charge is 2.27. The fourth-order valence-electron chi connectivity index (χ4n) is 3.19. The number of carbonyl (C=O) groups excluding carboxylic acids is 2. The lowest BCUT2D eigenvalue weighted by molar-refractivity contribution is 0.0443. The molecule has 1 aromatic rings. The van der Waals surface area contributed by atoms with Gasteiger partial charge in [-0.1, -0.05) is 49.4 Å². The summed E-state index contributed by atoms with van der Waals surface area (Å²) in [6, 6.07) is 7.12. The zero-order valence-electron chi connectivity index (χ0n) is 15.9. The average Bonchev–Trinajstić information content (AvgIpc) is 2.83. The van der Waals surface area contributed by atoms with E-state index in [4.69, 9.17) is 16.3 Å². The maximum atomic E-state index is 13.1. The minimum atomic E-state index is -0.579. The Balaban J connectivity index is 2.14. The molecule has 0 aromatic heterocycles. The molecule has 1 fully saturated rings. The van der Waals surface area contributed by atoms with E-state index < -0.39 is 11.7 Å². The summed E-state index contributed by atoms with van der Waals surface area (Å²) in [5.41, 5.74) is -0.117. The van der Waals surface area contributed by atoms with Crippen molar-refractivity contribution in [1.29, 1.82) is 0 Å². The van der Waals surface area contributed by atoms with Gasteiger partial charge in [0.1, 0.15) is 5.60 Å². The summed E-state index contributed by atoms with van der Waals surface area (Å²) in [5, 5.41) is 3.15. The van der Waals surface area contributed by atoms with Gasteiger partial charge < -0.3 is 15.0 Å². The minimum Gasteiger partial charge on any atom is -0.444 e. The summed E-state index contributed by atoms with van der Waals surface area (Å²) in [6.07, 6.45) is 5.89. The van der Waals surface area contributed by atoms with E-state index in [0.29, 0.717) is 10.6 Å². The first kappa shape index (κ1) is 20.6. The highest BCUT2D eigenvalue weighted by atomic mass is 35.5. The van der Waals surface area contributed by atoms with Crippen molar-refractivity contribution >= 4 is 23.6 Å². The Bertz CT molecular complexity index is 620. The van der Waals surface area contributed by atoms with Crippen molar-refractivity contribution in [1.82, 2.24) is 10.2 Å². The van der Waals surface area contributed by atoms with Gasteiger partial charge in [0.15, 0.2) is 0 Å². The molecule has 2 amide bonds. The molecule has 0 spiro atoms. The van der Waals surface area contributed by atoms with Crippen LogP contribution >= 0.6 is 11.6 Å². The van der Waals surface area contributed by atoms with Crippen LogP contribution in [0.4, 0.5) is 4.79 Å². The Labute approximate surface area is 161 Å². The van der Waals surface area contributed by atoms with Crippen LogP contribution in [0.5, 0.6) is 0 Å². The molecule has 1 aliphatic carbocycles. The van der Waals surface area contributed by atoms with Gasteiger partial charge in [-0.25, -0.2) is 4.79 Å². The average molecular weight is 381 g/mol. The molecule has 0 unspecified atom stereocenters. The Hall–Kier alpha value is -1.75. The van der Waals surface area contributed by atoms with Crippen LogP contribution in [0.15, 0.2) is 24.3 Å². The number of nitrogens with one attached hydrogen (secondary N) is 1. The van der Waals surface area contributed by atoms with Gasteiger partial charge in [-0.3, -0.25) is 4.79 Å². The Morgan fingerprint density at radius 2 is 1.77 bits per heavy atom. The molecule has 1 aromatic carbocycles. The topological polar surface area (TPSA) is 58.6 Å². The molecule has 0 saturated heterocycles.